The van der Waals surface area contributed by atoms with Crippen LogP contribution in [-0.2, 0) is 52.4 Å². The molecule has 0 aliphatic rings. The lowest BCUT2D eigenvalue weighted by molar-refractivity contribution is -0.138. The summed E-state index contributed by atoms with van der Waals surface area (Å²) in [6, 6.07) is 15.4. The molecule has 3 heterocycles. The summed E-state index contributed by atoms with van der Waals surface area (Å²) in [7, 11) is -8.78. The highest BCUT2D eigenvalue weighted by Gasteiger charge is 2.29. The Hall–Kier alpha value is -8.37. The zero-order valence-corrected chi connectivity index (χ0v) is 45.1. The molecule has 1 atom stereocenters. The normalized spacial score (nSPS) is 12.0. The van der Waals surface area contributed by atoms with Crippen molar-refractivity contribution in [3.05, 3.63) is 141 Å². The molecule has 4 amide bonds. The zero-order chi connectivity index (χ0) is 57.1. The molecule has 0 saturated carbocycles. The van der Waals surface area contributed by atoms with E-state index in [2.05, 4.69) is 56.8 Å². The van der Waals surface area contributed by atoms with E-state index in [1.54, 1.807) is 74.1 Å². The number of hydrogen-bond acceptors (Lipinski definition) is 16. The number of ether oxygens (including phenoxy) is 1. The summed E-state index contributed by atoms with van der Waals surface area (Å²) in [5, 5.41) is 28.0. The molecular formula is C52H62N12O13S2. The Bertz CT molecular complexity index is 3440. The van der Waals surface area contributed by atoms with Gasteiger partial charge in [0.1, 0.15) is 22.3 Å². The van der Waals surface area contributed by atoms with E-state index in [0.717, 1.165) is 11.1 Å². The van der Waals surface area contributed by atoms with Crippen molar-refractivity contribution in [2.45, 2.75) is 81.8 Å². The maximum Gasteiger partial charge on any atom is 0.323 e. The van der Waals surface area contributed by atoms with Gasteiger partial charge < -0.3 is 46.0 Å². The van der Waals surface area contributed by atoms with Crippen molar-refractivity contribution in [2.75, 3.05) is 50.1 Å². The van der Waals surface area contributed by atoms with Crippen LogP contribution in [0.15, 0.2) is 111 Å². The Kier molecular flexibility index (Phi) is 21.5. The second-order valence-electron chi connectivity index (χ2n) is 18.1. The molecule has 0 fully saturated rings. The van der Waals surface area contributed by atoms with Gasteiger partial charge in [-0.3, -0.25) is 38.7 Å². The predicted octanol–water partition coefficient (Wildman–Crippen LogP) is 3.14. The molecule has 0 aliphatic carbocycles. The smallest absolute Gasteiger partial charge is 0.323 e. The lowest BCUT2D eigenvalue weighted by atomic mass is 10.1. The number of rotatable bonds is 30. The van der Waals surface area contributed by atoms with E-state index >= 15 is 0 Å². The first-order valence-corrected chi connectivity index (χ1v) is 27.8. The van der Waals surface area contributed by atoms with Gasteiger partial charge in [0, 0.05) is 101 Å². The highest BCUT2D eigenvalue weighted by molar-refractivity contribution is 7.89. The van der Waals surface area contributed by atoms with Crippen LogP contribution in [0.25, 0.3) is 10.9 Å². The summed E-state index contributed by atoms with van der Waals surface area (Å²) >= 11 is 0. The summed E-state index contributed by atoms with van der Waals surface area (Å²) in [4.78, 5) is 88.4. The minimum absolute atomic E-state index is 0.0587. The number of aryl methyl sites for hydroxylation is 4. The standard InChI is InChI=1S/C52H62N12O13S2/c1-33-25-34(2)48(35(3)26-33)78(72,73)63-41(51(70)71)31-59-50(69)40-32-64(42-27-36(11-13-39(42)47(40)67)28-60-52-56-20-21-57-52)22-6-17-53-45(65)15-16-46(66)54-18-7-23-77-24-8-19-55-49(68)38-12-14-44(58-29-38)62-61-30-37-9-4-5-10-43(37)79(74,75)76/h4-5,9-14,20-21,25-27,29-30,32,41,63H,6-8,15-19,22-24,28,31H2,1-3H3,(H,53,65)(H,54,66)(H,55,68)(H,58,62)(H,59,69)(H,70,71)(H2,56,57,60)(H,74,75,76)/b61-30+. The fourth-order valence-electron chi connectivity index (χ4n) is 8.19. The number of benzene rings is 3. The quantitative estimate of drug-likeness (QED) is 0.0134. The summed E-state index contributed by atoms with van der Waals surface area (Å²) in [6.07, 6.45) is 8.38. The predicted molar refractivity (Wildman–Crippen MR) is 293 cm³/mol. The van der Waals surface area contributed by atoms with E-state index in [-0.39, 0.29) is 75.8 Å². The number of carbonyl (C=O) groups is 5. The van der Waals surface area contributed by atoms with E-state index in [9.17, 15) is 55.3 Å². The van der Waals surface area contributed by atoms with E-state index in [1.165, 1.54) is 48.9 Å². The molecule has 0 bridgehead atoms. The van der Waals surface area contributed by atoms with Crippen LogP contribution in [0, 0.1) is 20.8 Å². The Morgan fingerprint density at radius 2 is 1.51 bits per heavy atom. The molecular weight excluding hydrogens is 1060 g/mol. The molecule has 3 aromatic heterocycles. The topological polar surface area (TPSA) is 363 Å². The van der Waals surface area contributed by atoms with Crippen LogP contribution in [0.4, 0.5) is 11.8 Å². The molecule has 0 radical (unpaired) electrons. The van der Waals surface area contributed by atoms with Crippen LogP contribution < -0.4 is 42.2 Å². The number of pyridine rings is 2. The average molecular weight is 1130 g/mol. The van der Waals surface area contributed by atoms with E-state index in [4.69, 9.17) is 4.74 Å². The molecule has 3 aromatic carbocycles. The van der Waals surface area contributed by atoms with Crippen LogP contribution in [0.1, 0.15) is 80.6 Å². The van der Waals surface area contributed by atoms with Crippen LogP contribution in [0.5, 0.6) is 0 Å². The van der Waals surface area contributed by atoms with Gasteiger partial charge in [-0.25, -0.2) is 18.4 Å². The number of hydrogen-bond donors (Lipinski definition) is 10. The Balaban J connectivity index is 0.903. The van der Waals surface area contributed by atoms with Crippen molar-refractivity contribution in [3.8, 4) is 0 Å². The largest absolute Gasteiger partial charge is 0.480 e. The van der Waals surface area contributed by atoms with Crippen LogP contribution in [-0.4, -0.2) is 127 Å². The van der Waals surface area contributed by atoms with Gasteiger partial charge in [-0.15, -0.1) is 0 Å². The molecule has 0 saturated heterocycles. The fourth-order valence-corrected chi connectivity index (χ4v) is 10.5. The molecule has 10 N–H and O–H groups in total. The third kappa shape index (κ3) is 17.8. The van der Waals surface area contributed by atoms with Gasteiger partial charge in [0.15, 0.2) is 5.95 Å². The van der Waals surface area contributed by atoms with Crippen molar-refractivity contribution in [2.24, 2.45) is 5.10 Å². The minimum Gasteiger partial charge on any atom is -0.480 e. The number of amides is 4. The molecule has 27 heteroatoms. The molecule has 6 rings (SSSR count). The first-order chi connectivity index (χ1) is 37.7. The van der Waals surface area contributed by atoms with Crippen LogP contribution >= 0.6 is 0 Å². The molecule has 6 aromatic rings. The third-order valence-electron chi connectivity index (χ3n) is 11.9. The number of carboxylic acids is 1. The lowest BCUT2D eigenvalue weighted by Crippen LogP contribution is -2.49. The number of aromatic nitrogens is 4. The molecule has 0 aliphatic heterocycles. The second-order valence-corrected chi connectivity index (χ2v) is 21.1. The van der Waals surface area contributed by atoms with Gasteiger partial charge in [-0.1, -0.05) is 42.0 Å². The third-order valence-corrected chi connectivity index (χ3v) is 14.6. The number of nitrogens with one attached hydrogen (secondary N) is 8. The molecule has 79 heavy (non-hydrogen) atoms. The zero-order valence-electron chi connectivity index (χ0n) is 43.5. The van der Waals surface area contributed by atoms with Gasteiger partial charge in [0.05, 0.1) is 22.2 Å². The van der Waals surface area contributed by atoms with Crippen molar-refractivity contribution in [3.63, 3.8) is 0 Å². The SMILES string of the molecule is Cc1cc(C)c(S(=O)(=O)NC(CNC(=O)c2cn(CCCNC(=O)CCC(=O)NCCCOCCCNC(=O)c3ccc(N/N=C/c4ccccc4S(=O)(=O)O)nc3)c3cc(CNc4ncc[nH]4)ccc3c2=O)C(=O)O)c(C)c1. The maximum atomic E-state index is 13.8. The van der Waals surface area contributed by atoms with E-state index in [1.807, 2.05) is 0 Å². The number of aliphatic carboxylic acids is 1. The van der Waals surface area contributed by atoms with Gasteiger partial charge in [0.25, 0.3) is 21.9 Å². The Morgan fingerprint density at radius 1 is 0.823 bits per heavy atom. The fraction of sp³-hybridized carbons (Fsp3) is 0.327. The van der Waals surface area contributed by atoms with Gasteiger partial charge in [0.2, 0.25) is 27.3 Å². The number of imidazole rings is 1. The maximum absolute atomic E-state index is 13.8. The van der Waals surface area contributed by atoms with E-state index in [0.29, 0.717) is 80.3 Å². The summed E-state index contributed by atoms with van der Waals surface area (Å²) in [5.41, 5.74) is 5.04. The molecule has 25 nitrogen and oxygen atoms in total. The highest BCUT2D eigenvalue weighted by atomic mass is 32.2. The van der Waals surface area contributed by atoms with Crippen LogP contribution in [0.3, 0.4) is 0 Å². The summed E-state index contributed by atoms with van der Waals surface area (Å²) in [6.45, 7) is 6.39. The van der Waals surface area contributed by atoms with Gasteiger partial charge in [-0.2, -0.15) is 18.2 Å². The molecule has 0 spiro atoms. The molecule has 1 unspecified atom stereocenters. The highest BCUT2D eigenvalue weighted by Crippen LogP contribution is 2.22. The summed E-state index contributed by atoms with van der Waals surface area (Å²) < 4.78 is 68.7. The van der Waals surface area contributed by atoms with Gasteiger partial charge >= 0.3 is 5.97 Å². The monoisotopic (exact) mass is 1130 g/mol. The number of carboxylic acid groups (broad SMARTS) is 1. The van der Waals surface area contributed by atoms with Crippen molar-refractivity contribution in [1.82, 2.24) is 45.5 Å². The number of hydrazone groups is 1. The number of anilines is 2. The second kappa shape index (κ2) is 28.3. The van der Waals surface area contributed by atoms with Crippen molar-refractivity contribution < 1.29 is 55.2 Å². The van der Waals surface area contributed by atoms with Crippen molar-refractivity contribution in [1.29, 1.82) is 0 Å². The number of nitrogens with zero attached hydrogens (tertiary/aromatic N) is 4. The lowest BCUT2D eigenvalue weighted by Gasteiger charge is -2.19. The first kappa shape index (κ1) is 59.9. The Labute approximate surface area is 455 Å². The number of aromatic amines is 1. The van der Waals surface area contributed by atoms with E-state index < -0.39 is 50.0 Å². The first-order valence-electron chi connectivity index (χ1n) is 24.9. The minimum atomic E-state index is -4.43. The number of carbonyl (C=O) groups excluding carboxylic acids is 4. The number of sulfonamides is 1. The average Bonchev–Trinajstić information content (AvgIpc) is 4.02. The Morgan fingerprint density at radius 3 is 2.15 bits per heavy atom. The molecule has 420 valence electrons. The number of H-pyrrole nitrogens is 1. The number of fused-ring (bicyclic) bond motifs is 1. The van der Waals surface area contributed by atoms with Crippen molar-refractivity contribution >= 4 is 78.6 Å². The van der Waals surface area contributed by atoms with Crippen LogP contribution in [0.2, 0.25) is 0 Å². The van der Waals surface area contributed by atoms with Gasteiger partial charge in [-0.05, 0) is 87.1 Å². The summed E-state index contributed by atoms with van der Waals surface area (Å²) in [5.74, 6) is -2.70.